The molecule has 1 rings (SSSR count). The molecule has 0 saturated heterocycles. The number of unbranched alkanes of at least 4 members (excludes halogenated alkanes) is 1. The highest BCUT2D eigenvalue weighted by atomic mass is 19.1. The first-order valence-corrected chi connectivity index (χ1v) is 6.84. The van der Waals surface area contributed by atoms with E-state index in [0.29, 0.717) is 6.42 Å². The van der Waals surface area contributed by atoms with Gasteiger partial charge in [0.15, 0.2) is 0 Å². The van der Waals surface area contributed by atoms with Gasteiger partial charge >= 0.3 is 0 Å². The van der Waals surface area contributed by atoms with Crippen molar-refractivity contribution in [1.82, 2.24) is 0 Å². The molecule has 0 aromatic heterocycles. The van der Waals surface area contributed by atoms with E-state index in [-0.39, 0.29) is 11.9 Å². The molecule has 0 aliphatic rings. The van der Waals surface area contributed by atoms with Crippen molar-refractivity contribution in [3.05, 3.63) is 29.6 Å². The molecule has 1 aromatic carbocycles. The fraction of sp³-hybridized carbons (Fsp3) is 0.600. The lowest BCUT2D eigenvalue weighted by molar-refractivity contribution is 0.577. The number of hydrogen-bond donors (Lipinski definition) is 1. The first-order valence-electron chi connectivity index (χ1n) is 6.84. The van der Waals surface area contributed by atoms with Crippen LogP contribution in [0.25, 0.3) is 0 Å². The van der Waals surface area contributed by atoms with Crippen LogP contribution in [0.15, 0.2) is 18.2 Å². The number of benzene rings is 1. The summed E-state index contributed by atoms with van der Waals surface area (Å²) in [5, 5.41) is 0. The Morgan fingerprint density at radius 3 is 2.67 bits per heavy atom. The van der Waals surface area contributed by atoms with E-state index < -0.39 is 0 Å². The van der Waals surface area contributed by atoms with Crippen LogP contribution in [0.1, 0.15) is 38.7 Å². The Kier molecular flexibility index (Phi) is 6.13. The smallest absolute Gasteiger partial charge is 0.128 e. The maximum Gasteiger partial charge on any atom is 0.128 e. The predicted molar refractivity (Wildman–Crippen MR) is 76.5 cm³/mol. The summed E-state index contributed by atoms with van der Waals surface area (Å²) in [6, 6.07) is 5.31. The molecule has 1 aromatic rings. The highest BCUT2D eigenvalue weighted by Crippen LogP contribution is 2.24. The van der Waals surface area contributed by atoms with Gasteiger partial charge in [0.25, 0.3) is 0 Å². The maximum atomic E-state index is 13.9. The summed E-state index contributed by atoms with van der Waals surface area (Å²) < 4.78 is 13.9. The Hall–Kier alpha value is -1.09. The molecule has 3 heteroatoms. The summed E-state index contributed by atoms with van der Waals surface area (Å²) in [4.78, 5) is 2.13. The minimum Gasteiger partial charge on any atom is -0.374 e. The van der Waals surface area contributed by atoms with Crippen molar-refractivity contribution in [1.29, 1.82) is 0 Å². The molecule has 1 atom stereocenters. The summed E-state index contributed by atoms with van der Waals surface area (Å²) in [7, 11) is 2.02. The summed E-state index contributed by atoms with van der Waals surface area (Å²) in [5.41, 5.74) is 7.69. The van der Waals surface area contributed by atoms with Crippen LogP contribution in [0.5, 0.6) is 0 Å². The van der Waals surface area contributed by atoms with E-state index in [1.54, 1.807) is 6.07 Å². The lowest BCUT2D eigenvalue weighted by Crippen LogP contribution is -2.25. The molecule has 0 saturated carbocycles. The molecule has 102 valence electrons. The van der Waals surface area contributed by atoms with Gasteiger partial charge in [-0.15, -0.1) is 0 Å². The Morgan fingerprint density at radius 1 is 1.33 bits per heavy atom. The van der Waals surface area contributed by atoms with Crippen LogP contribution in [0, 0.1) is 5.82 Å². The molecule has 2 N–H and O–H groups in total. The minimum atomic E-state index is -0.139. The first kappa shape index (κ1) is 15.0. The van der Waals surface area contributed by atoms with E-state index in [1.807, 2.05) is 20.0 Å². The van der Waals surface area contributed by atoms with Crippen molar-refractivity contribution < 1.29 is 4.39 Å². The van der Waals surface area contributed by atoms with Crippen LogP contribution >= 0.6 is 0 Å². The lowest BCUT2D eigenvalue weighted by Gasteiger charge is -2.23. The second-order valence-corrected chi connectivity index (χ2v) is 4.89. The standard InChI is InChI=1S/C15H25FN2/c1-4-6-10-18(3)15-9-7-8-14(16)13(15)11-12(17)5-2/h7-9,12H,4-6,10-11,17H2,1-3H3. The van der Waals surface area contributed by atoms with E-state index in [2.05, 4.69) is 11.8 Å². The number of rotatable bonds is 7. The largest absolute Gasteiger partial charge is 0.374 e. The molecule has 18 heavy (non-hydrogen) atoms. The van der Waals surface area contributed by atoms with E-state index >= 15 is 0 Å². The van der Waals surface area contributed by atoms with Crippen molar-refractivity contribution in [2.24, 2.45) is 5.73 Å². The van der Waals surface area contributed by atoms with Crippen molar-refractivity contribution in [3.8, 4) is 0 Å². The molecule has 0 fully saturated rings. The molecular formula is C15H25FN2. The van der Waals surface area contributed by atoms with Gasteiger partial charge in [-0.05, 0) is 31.4 Å². The van der Waals surface area contributed by atoms with Gasteiger partial charge in [-0.3, -0.25) is 0 Å². The quantitative estimate of drug-likeness (QED) is 0.806. The number of nitrogens with zero attached hydrogens (tertiary/aromatic N) is 1. The predicted octanol–water partition coefficient (Wildman–Crippen LogP) is 3.34. The highest BCUT2D eigenvalue weighted by molar-refractivity contribution is 5.54. The Bertz CT molecular complexity index is 366. The fourth-order valence-corrected chi connectivity index (χ4v) is 2.03. The molecular weight excluding hydrogens is 227 g/mol. The van der Waals surface area contributed by atoms with E-state index in [0.717, 1.165) is 37.1 Å². The summed E-state index contributed by atoms with van der Waals surface area (Å²) >= 11 is 0. The Morgan fingerprint density at radius 2 is 2.06 bits per heavy atom. The average Bonchev–Trinajstić information content (AvgIpc) is 2.38. The monoisotopic (exact) mass is 252 g/mol. The second-order valence-electron chi connectivity index (χ2n) is 4.89. The van der Waals surface area contributed by atoms with Gasteiger partial charge in [0.1, 0.15) is 5.82 Å². The van der Waals surface area contributed by atoms with Crippen LogP contribution in [0.3, 0.4) is 0 Å². The molecule has 0 heterocycles. The van der Waals surface area contributed by atoms with Crippen LogP contribution in [-0.2, 0) is 6.42 Å². The maximum absolute atomic E-state index is 13.9. The van der Waals surface area contributed by atoms with Gasteiger partial charge in [0.2, 0.25) is 0 Å². The highest BCUT2D eigenvalue weighted by Gasteiger charge is 2.14. The van der Waals surface area contributed by atoms with E-state index in [4.69, 9.17) is 5.73 Å². The zero-order valence-corrected chi connectivity index (χ0v) is 11.7. The Labute approximate surface area is 110 Å². The first-order chi connectivity index (χ1) is 8.60. The van der Waals surface area contributed by atoms with Crippen molar-refractivity contribution in [2.45, 2.75) is 45.6 Å². The molecule has 0 aliphatic heterocycles. The van der Waals surface area contributed by atoms with E-state index in [9.17, 15) is 4.39 Å². The lowest BCUT2D eigenvalue weighted by atomic mass is 10.0. The Balaban J connectivity index is 2.92. The molecule has 2 nitrogen and oxygen atoms in total. The van der Waals surface area contributed by atoms with Gasteiger partial charge in [-0.1, -0.05) is 26.3 Å². The topological polar surface area (TPSA) is 29.3 Å². The van der Waals surface area contributed by atoms with Crippen molar-refractivity contribution in [3.63, 3.8) is 0 Å². The third kappa shape index (κ3) is 3.98. The van der Waals surface area contributed by atoms with Crippen LogP contribution in [-0.4, -0.2) is 19.6 Å². The van der Waals surface area contributed by atoms with Gasteiger partial charge in [0, 0.05) is 30.9 Å². The number of hydrogen-bond acceptors (Lipinski definition) is 2. The van der Waals surface area contributed by atoms with Gasteiger partial charge in [-0.2, -0.15) is 0 Å². The summed E-state index contributed by atoms with van der Waals surface area (Å²) in [6.07, 6.45) is 3.73. The summed E-state index contributed by atoms with van der Waals surface area (Å²) in [5.74, 6) is -0.139. The number of halogens is 1. The molecule has 0 amide bonds. The van der Waals surface area contributed by atoms with Gasteiger partial charge in [0.05, 0.1) is 0 Å². The fourth-order valence-electron chi connectivity index (χ4n) is 2.03. The van der Waals surface area contributed by atoms with Crippen LogP contribution in [0.2, 0.25) is 0 Å². The second kappa shape index (κ2) is 7.37. The molecule has 0 bridgehead atoms. The zero-order chi connectivity index (χ0) is 13.5. The third-order valence-electron chi connectivity index (χ3n) is 3.34. The van der Waals surface area contributed by atoms with Crippen LogP contribution in [0.4, 0.5) is 10.1 Å². The third-order valence-corrected chi connectivity index (χ3v) is 3.34. The molecule has 0 radical (unpaired) electrons. The molecule has 0 spiro atoms. The number of anilines is 1. The normalized spacial score (nSPS) is 12.5. The van der Waals surface area contributed by atoms with Gasteiger partial charge in [-0.25, -0.2) is 4.39 Å². The van der Waals surface area contributed by atoms with E-state index in [1.165, 1.54) is 6.07 Å². The summed E-state index contributed by atoms with van der Waals surface area (Å²) in [6.45, 7) is 5.15. The zero-order valence-electron chi connectivity index (χ0n) is 11.7. The average molecular weight is 252 g/mol. The SMILES string of the molecule is CCCCN(C)c1cccc(F)c1CC(N)CC. The minimum absolute atomic E-state index is 0.0280. The van der Waals surface area contributed by atoms with Crippen molar-refractivity contribution in [2.75, 3.05) is 18.5 Å². The molecule has 1 unspecified atom stereocenters. The van der Waals surface area contributed by atoms with Crippen molar-refractivity contribution >= 4 is 5.69 Å². The number of nitrogens with two attached hydrogens (primary N) is 1. The molecule has 0 aliphatic carbocycles. The van der Waals surface area contributed by atoms with Crippen LogP contribution < -0.4 is 10.6 Å². The van der Waals surface area contributed by atoms with Gasteiger partial charge < -0.3 is 10.6 Å².